The zero-order valence-electron chi connectivity index (χ0n) is 14.1. The highest BCUT2D eigenvalue weighted by molar-refractivity contribution is 7.89. The third-order valence-electron chi connectivity index (χ3n) is 4.10. The maximum Gasteiger partial charge on any atom is 0.322 e. The van der Waals surface area contributed by atoms with Crippen LogP contribution in [-0.4, -0.2) is 38.6 Å². The number of rotatable bonds is 6. The highest BCUT2D eigenvalue weighted by Crippen LogP contribution is 2.19. The highest BCUT2D eigenvalue weighted by Gasteiger charge is 2.23. The second-order valence-electron chi connectivity index (χ2n) is 6.09. The first-order chi connectivity index (χ1) is 12.4. The second-order valence-corrected chi connectivity index (χ2v) is 8.69. The number of amides is 2. The molecule has 2 amide bonds. The average Bonchev–Trinajstić information content (AvgIpc) is 3.28. The summed E-state index contributed by atoms with van der Waals surface area (Å²) in [5.41, 5.74) is 0.505. The molecule has 0 radical (unpaired) electrons. The average molecular weight is 396 g/mol. The van der Waals surface area contributed by atoms with E-state index in [1.165, 1.54) is 24.3 Å². The molecule has 1 fully saturated rings. The van der Waals surface area contributed by atoms with Gasteiger partial charge in [0.25, 0.3) is 0 Å². The molecule has 0 saturated carbocycles. The van der Waals surface area contributed by atoms with Gasteiger partial charge in [0.15, 0.2) is 0 Å². The molecule has 26 heavy (non-hydrogen) atoms. The van der Waals surface area contributed by atoms with Crippen LogP contribution in [0.25, 0.3) is 0 Å². The monoisotopic (exact) mass is 395 g/mol. The number of nitrogens with one attached hydrogen (secondary N) is 1. The van der Waals surface area contributed by atoms with Crippen molar-refractivity contribution in [2.45, 2.75) is 30.4 Å². The van der Waals surface area contributed by atoms with Crippen LogP contribution in [0.4, 0.5) is 10.5 Å². The molecule has 1 aromatic carbocycles. The summed E-state index contributed by atoms with van der Waals surface area (Å²) in [5, 5.41) is 9.87. The van der Waals surface area contributed by atoms with Crippen LogP contribution in [0.2, 0.25) is 0 Å². The van der Waals surface area contributed by atoms with Crippen molar-refractivity contribution in [2.75, 3.05) is 18.5 Å². The largest absolute Gasteiger partial charge is 0.376 e. The van der Waals surface area contributed by atoms with E-state index >= 15 is 0 Å². The van der Waals surface area contributed by atoms with E-state index in [0.29, 0.717) is 18.8 Å². The lowest BCUT2D eigenvalue weighted by atomic mass is 10.2. The summed E-state index contributed by atoms with van der Waals surface area (Å²) >= 11 is 1.59. The van der Waals surface area contributed by atoms with E-state index < -0.39 is 10.0 Å². The fourth-order valence-corrected chi connectivity index (χ4v) is 4.01. The first-order valence-corrected chi connectivity index (χ1v) is 10.7. The molecule has 1 saturated heterocycles. The summed E-state index contributed by atoms with van der Waals surface area (Å²) < 4.78 is 28.3. The van der Waals surface area contributed by atoms with Gasteiger partial charge in [0, 0.05) is 23.7 Å². The normalized spacial score (nSPS) is 17.2. The third-order valence-corrected chi connectivity index (χ3v) is 5.89. The predicted octanol–water partition coefficient (Wildman–Crippen LogP) is 2.61. The standard InChI is InChI=1S/C17H21N3O4S2/c18-26(22,23)16-7-5-13(6-8-16)19-17(21)20(11-14-3-1-9-24-14)12-15-4-2-10-25-15/h2,4-8,10,14H,1,3,9,11-12H2,(H,19,21)(H2,18,22,23)/t14-/m0/s1. The summed E-state index contributed by atoms with van der Waals surface area (Å²) in [4.78, 5) is 15.5. The number of nitrogens with zero attached hydrogens (tertiary/aromatic N) is 1. The van der Waals surface area contributed by atoms with Gasteiger partial charge in [0.05, 0.1) is 17.5 Å². The number of primary sulfonamides is 1. The Morgan fingerprint density at radius 1 is 1.31 bits per heavy atom. The number of hydrogen-bond acceptors (Lipinski definition) is 5. The van der Waals surface area contributed by atoms with Crippen LogP contribution in [-0.2, 0) is 21.3 Å². The minimum atomic E-state index is -3.75. The number of anilines is 1. The summed E-state index contributed by atoms with van der Waals surface area (Å²) in [6.07, 6.45) is 2.00. The molecule has 0 aliphatic carbocycles. The molecule has 140 valence electrons. The van der Waals surface area contributed by atoms with Gasteiger partial charge in [-0.1, -0.05) is 6.07 Å². The number of thiophene rings is 1. The molecule has 1 aliphatic rings. The molecule has 2 aromatic rings. The van der Waals surface area contributed by atoms with Crippen LogP contribution in [0.15, 0.2) is 46.7 Å². The van der Waals surface area contributed by atoms with E-state index in [1.807, 2.05) is 17.5 Å². The quantitative estimate of drug-likeness (QED) is 0.785. The van der Waals surface area contributed by atoms with E-state index in [4.69, 9.17) is 9.88 Å². The Bertz CT molecular complexity index is 829. The lowest BCUT2D eigenvalue weighted by molar-refractivity contribution is 0.0821. The molecule has 3 rings (SSSR count). The summed E-state index contributed by atoms with van der Waals surface area (Å²) in [7, 11) is -3.75. The van der Waals surface area contributed by atoms with Gasteiger partial charge in [0.2, 0.25) is 10.0 Å². The number of nitrogens with two attached hydrogens (primary N) is 1. The maximum atomic E-state index is 12.7. The summed E-state index contributed by atoms with van der Waals surface area (Å²) in [6.45, 7) is 1.74. The number of hydrogen-bond donors (Lipinski definition) is 2. The third kappa shape index (κ3) is 5.04. The highest BCUT2D eigenvalue weighted by atomic mass is 32.2. The topological polar surface area (TPSA) is 102 Å². The number of carbonyl (C=O) groups excluding carboxylic acids is 1. The number of benzene rings is 1. The van der Waals surface area contributed by atoms with Gasteiger partial charge in [-0.15, -0.1) is 11.3 Å². The van der Waals surface area contributed by atoms with E-state index in [1.54, 1.807) is 16.2 Å². The van der Waals surface area contributed by atoms with Crippen molar-refractivity contribution in [3.63, 3.8) is 0 Å². The zero-order valence-corrected chi connectivity index (χ0v) is 15.8. The molecule has 2 heterocycles. The zero-order chi connectivity index (χ0) is 18.6. The van der Waals surface area contributed by atoms with Crippen LogP contribution in [0.1, 0.15) is 17.7 Å². The maximum absolute atomic E-state index is 12.7. The lowest BCUT2D eigenvalue weighted by Gasteiger charge is -2.25. The summed E-state index contributed by atoms with van der Waals surface area (Å²) in [5.74, 6) is 0. The Morgan fingerprint density at radius 2 is 2.08 bits per heavy atom. The van der Waals surface area contributed by atoms with Gasteiger partial charge in [-0.25, -0.2) is 18.4 Å². The van der Waals surface area contributed by atoms with Gasteiger partial charge >= 0.3 is 6.03 Å². The molecule has 1 aromatic heterocycles. The molecule has 3 N–H and O–H groups in total. The Balaban J connectivity index is 1.69. The van der Waals surface area contributed by atoms with Gasteiger partial charge in [-0.2, -0.15) is 0 Å². The van der Waals surface area contributed by atoms with E-state index in [0.717, 1.165) is 24.3 Å². The van der Waals surface area contributed by atoms with Crippen molar-refractivity contribution in [2.24, 2.45) is 5.14 Å². The Morgan fingerprint density at radius 3 is 2.65 bits per heavy atom. The Labute approximate surface area is 156 Å². The van der Waals surface area contributed by atoms with Gasteiger partial charge in [0.1, 0.15) is 0 Å². The first kappa shape index (κ1) is 18.8. The van der Waals surface area contributed by atoms with Crippen molar-refractivity contribution >= 4 is 33.1 Å². The molecular weight excluding hydrogens is 374 g/mol. The Kier molecular flexibility index (Phi) is 5.92. The fourth-order valence-electron chi connectivity index (χ4n) is 2.77. The van der Waals surface area contributed by atoms with Crippen molar-refractivity contribution in [1.29, 1.82) is 0 Å². The molecular formula is C17H21N3O4S2. The van der Waals surface area contributed by atoms with Crippen LogP contribution in [0.5, 0.6) is 0 Å². The van der Waals surface area contributed by atoms with Gasteiger partial charge in [-0.05, 0) is 48.6 Å². The molecule has 0 spiro atoms. The minimum absolute atomic E-state index is 0.00490. The van der Waals surface area contributed by atoms with Crippen LogP contribution in [0.3, 0.4) is 0 Å². The van der Waals surface area contributed by atoms with E-state index in [-0.39, 0.29) is 17.0 Å². The second kappa shape index (κ2) is 8.17. The van der Waals surface area contributed by atoms with Crippen LogP contribution < -0.4 is 10.5 Å². The van der Waals surface area contributed by atoms with Crippen LogP contribution >= 0.6 is 11.3 Å². The van der Waals surface area contributed by atoms with Crippen molar-refractivity contribution < 1.29 is 17.9 Å². The molecule has 0 unspecified atom stereocenters. The number of urea groups is 1. The van der Waals surface area contributed by atoms with Crippen molar-refractivity contribution in [3.05, 3.63) is 46.7 Å². The molecule has 7 nitrogen and oxygen atoms in total. The lowest BCUT2D eigenvalue weighted by Crippen LogP contribution is -2.39. The Hall–Kier alpha value is -1.94. The number of carbonyl (C=O) groups is 1. The minimum Gasteiger partial charge on any atom is -0.376 e. The fraction of sp³-hybridized carbons (Fsp3) is 0.353. The van der Waals surface area contributed by atoms with E-state index in [2.05, 4.69) is 5.32 Å². The molecule has 1 aliphatic heterocycles. The molecule has 9 heteroatoms. The SMILES string of the molecule is NS(=O)(=O)c1ccc(NC(=O)N(Cc2cccs2)C[C@@H]2CCCO2)cc1. The predicted molar refractivity (Wildman–Crippen MR) is 101 cm³/mol. The van der Waals surface area contributed by atoms with Gasteiger partial charge < -0.3 is 15.0 Å². The van der Waals surface area contributed by atoms with Crippen molar-refractivity contribution in [3.8, 4) is 0 Å². The van der Waals surface area contributed by atoms with Gasteiger partial charge in [-0.3, -0.25) is 0 Å². The van der Waals surface area contributed by atoms with Crippen molar-refractivity contribution in [1.82, 2.24) is 4.90 Å². The molecule has 0 bridgehead atoms. The summed E-state index contributed by atoms with van der Waals surface area (Å²) in [6, 6.07) is 9.47. The molecule has 1 atom stereocenters. The first-order valence-electron chi connectivity index (χ1n) is 8.24. The van der Waals surface area contributed by atoms with Crippen LogP contribution in [0, 0.1) is 0 Å². The number of ether oxygens (including phenoxy) is 1. The smallest absolute Gasteiger partial charge is 0.322 e. The number of sulfonamides is 1. The van der Waals surface area contributed by atoms with E-state index in [9.17, 15) is 13.2 Å².